The molecule has 0 bridgehead atoms. The number of rotatable bonds is 4. The maximum Gasteiger partial charge on any atom is 0.0701 e. The van der Waals surface area contributed by atoms with E-state index in [9.17, 15) is 0 Å². The van der Waals surface area contributed by atoms with E-state index in [0.29, 0.717) is 6.04 Å². The van der Waals surface area contributed by atoms with Crippen molar-refractivity contribution in [3.05, 3.63) is 55.6 Å². The molecule has 0 fully saturated rings. The summed E-state index contributed by atoms with van der Waals surface area (Å²) in [6.45, 7) is 3.02. The van der Waals surface area contributed by atoms with E-state index in [0.717, 1.165) is 11.6 Å². The smallest absolute Gasteiger partial charge is 0.0701 e. The molecule has 0 amide bonds. The summed E-state index contributed by atoms with van der Waals surface area (Å²) < 4.78 is 1.17. The molecular weight excluding hydrogens is 318 g/mol. The molecular formula is C13H13BrClNS. The third-order valence-corrected chi connectivity index (χ3v) is 4.37. The summed E-state index contributed by atoms with van der Waals surface area (Å²) in [4.78, 5) is 0. The number of halogens is 2. The molecule has 1 aromatic heterocycles. The topological polar surface area (TPSA) is 12.0 Å². The van der Waals surface area contributed by atoms with Crippen molar-refractivity contribution in [3.63, 3.8) is 0 Å². The quantitative estimate of drug-likeness (QED) is 0.830. The predicted molar refractivity (Wildman–Crippen MR) is 78.7 cm³/mol. The van der Waals surface area contributed by atoms with Crippen LogP contribution >= 0.6 is 38.9 Å². The lowest BCUT2D eigenvalue weighted by atomic mass is 10.1. The number of thiophene rings is 1. The van der Waals surface area contributed by atoms with Crippen LogP contribution in [0.3, 0.4) is 0 Å². The first-order chi connectivity index (χ1) is 8.15. The minimum absolute atomic E-state index is 0.298. The molecule has 0 spiro atoms. The van der Waals surface area contributed by atoms with E-state index in [2.05, 4.69) is 45.7 Å². The van der Waals surface area contributed by atoms with Crippen LogP contribution in [0.5, 0.6) is 0 Å². The van der Waals surface area contributed by atoms with E-state index in [1.807, 2.05) is 18.2 Å². The molecule has 4 heteroatoms. The number of benzene rings is 1. The number of hydrogen-bond acceptors (Lipinski definition) is 2. The maximum absolute atomic E-state index is 5.98. The summed E-state index contributed by atoms with van der Waals surface area (Å²) in [6, 6.07) is 10.4. The van der Waals surface area contributed by atoms with Crippen LogP contribution in [-0.4, -0.2) is 0 Å². The summed E-state index contributed by atoms with van der Waals surface area (Å²) in [5.74, 6) is 0. The molecule has 1 atom stereocenters. The fourth-order valence-electron chi connectivity index (χ4n) is 1.60. The van der Waals surface area contributed by atoms with Crippen molar-refractivity contribution in [2.24, 2.45) is 0 Å². The lowest BCUT2D eigenvalue weighted by Crippen LogP contribution is -2.17. The normalized spacial score (nSPS) is 12.6. The van der Waals surface area contributed by atoms with Crippen molar-refractivity contribution in [3.8, 4) is 0 Å². The van der Waals surface area contributed by atoms with Crippen LogP contribution in [0.1, 0.15) is 24.1 Å². The maximum atomic E-state index is 5.98. The Balaban J connectivity index is 1.95. The zero-order valence-electron chi connectivity index (χ0n) is 9.41. The minimum atomic E-state index is 0.298. The first-order valence-electron chi connectivity index (χ1n) is 5.37. The predicted octanol–water partition coefficient (Wildman–Crippen LogP) is 5.01. The van der Waals surface area contributed by atoms with E-state index >= 15 is 0 Å². The number of nitrogens with one attached hydrogen (secondary N) is 1. The van der Waals surface area contributed by atoms with Crippen molar-refractivity contribution < 1.29 is 0 Å². The zero-order valence-corrected chi connectivity index (χ0v) is 12.6. The highest BCUT2D eigenvalue weighted by Crippen LogP contribution is 2.22. The number of hydrogen-bond donors (Lipinski definition) is 1. The lowest BCUT2D eigenvalue weighted by molar-refractivity contribution is 0.575. The molecule has 0 radical (unpaired) electrons. The van der Waals surface area contributed by atoms with Gasteiger partial charge in [0.1, 0.15) is 0 Å². The molecule has 0 aliphatic carbocycles. The Kier molecular flexibility index (Phi) is 4.62. The average molecular weight is 331 g/mol. The Labute approximate surface area is 119 Å². The highest BCUT2D eigenvalue weighted by atomic mass is 79.9. The Hall–Kier alpha value is -0.350. The van der Waals surface area contributed by atoms with E-state index in [1.165, 1.54) is 14.9 Å². The van der Waals surface area contributed by atoms with Gasteiger partial charge in [0, 0.05) is 17.6 Å². The zero-order chi connectivity index (χ0) is 12.3. The lowest BCUT2D eigenvalue weighted by Gasteiger charge is -2.13. The van der Waals surface area contributed by atoms with Crippen LogP contribution < -0.4 is 5.32 Å². The third-order valence-electron chi connectivity index (χ3n) is 2.58. The molecule has 0 aliphatic rings. The van der Waals surface area contributed by atoms with Crippen molar-refractivity contribution in [2.45, 2.75) is 19.5 Å². The second-order valence-corrected chi connectivity index (χ2v) is 6.64. The van der Waals surface area contributed by atoms with E-state index < -0.39 is 0 Å². The fourth-order valence-corrected chi connectivity index (χ4v) is 3.01. The van der Waals surface area contributed by atoms with Crippen LogP contribution in [0.4, 0.5) is 0 Å². The Bertz CT molecular complexity index is 498. The van der Waals surface area contributed by atoms with Gasteiger partial charge in [0.2, 0.25) is 0 Å². The minimum Gasteiger partial charge on any atom is -0.306 e. The second-order valence-electron chi connectivity index (χ2n) is 3.92. The van der Waals surface area contributed by atoms with Gasteiger partial charge in [-0.3, -0.25) is 0 Å². The summed E-state index contributed by atoms with van der Waals surface area (Å²) in [6.07, 6.45) is 0. The van der Waals surface area contributed by atoms with Crippen molar-refractivity contribution in [1.29, 1.82) is 0 Å². The molecule has 0 unspecified atom stereocenters. The summed E-state index contributed by atoms with van der Waals surface area (Å²) in [5, 5.41) is 6.42. The fraction of sp³-hybridized carbons (Fsp3) is 0.231. The molecule has 0 aliphatic heterocycles. The molecule has 90 valence electrons. The van der Waals surface area contributed by atoms with Gasteiger partial charge in [0.15, 0.2) is 0 Å². The molecule has 1 N–H and O–H groups in total. The third kappa shape index (κ3) is 3.81. The van der Waals surface area contributed by atoms with Crippen LogP contribution in [0.15, 0.2) is 39.5 Å². The summed E-state index contributed by atoms with van der Waals surface area (Å²) in [5.41, 5.74) is 2.52. The Morgan fingerprint density at radius 1 is 1.41 bits per heavy atom. The van der Waals surface area contributed by atoms with Gasteiger partial charge in [-0.15, -0.1) is 11.3 Å². The molecule has 2 rings (SSSR count). The molecule has 1 nitrogen and oxygen atoms in total. The molecule has 1 aromatic carbocycles. The molecule has 1 heterocycles. The molecule has 17 heavy (non-hydrogen) atoms. The van der Waals surface area contributed by atoms with E-state index in [1.54, 1.807) is 11.3 Å². The molecule has 0 saturated heterocycles. The SMILES string of the molecule is C[C@H](NCc1csc(Br)c1)c1cccc(Cl)c1. The standard InChI is InChI=1S/C13H13BrClNS/c1-9(11-3-2-4-12(15)6-11)16-7-10-5-13(14)17-8-10/h2-6,8-9,16H,7H2,1H3/t9-/m0/s1. The largest absolute Gasteiger partial charge is 0.306 e. The van der Waals surface area contributed by atoms with Gasteiger partial charge in [0.25, 0.3) is 0 Å². The van der Waals surface area contributed by atoms with Gasteiger partial charge in [-0.05, 0) is 57.6 Å². The van der Waals surface area contributed by atoms with Gasteiger partial charge >= 0.3 is 0 Å². The first-order valence-corrected chi connectivity index (χ1v) is 7.42. The molecule has 2 aromatic rings. The van der Waals surface area contributed by atoms with Crippen LogP contribution in [0.2, 0.25) is 5.02 Å². The highest BCUT2D eigenvalue weighted by Gasteiger charge is 2.05. The monoisotopic (exact) mass is 329 g/mol. The van der Waals surface area contributed by atoms with Gasteiger partial charge in [-0.2, -0.15) is 0 Å². The van der Waals surface area contributed by atoms with Gasteiger partial charge in [-0.1, -0.05) is 23.7 Å². The highest BCUT2D eigenvalue weighted by molar-refractivity contribution is 9.11. The Morgan fingerprint density at radius 3 is 2.88 bits per heavy atom. The first kappa shape index (κ1) is 13.1. The van der Waals surface area contributed by atoms with Crippen molar-refractivity contribution in [2.75, 3.05) is 0 Å². The van der Waals surface area contributed by atoms with Gasteiger partial charge in [-0.25, -0.2) is 0 Å². The average Bonchev–Trinajstić information content (AvgIpc) is 2.72. The summed E-state index contributed by atoms with van der Waals surface area (Å²) >= 11 is 11.2. The van der Waals surface area contributed by atoms with Gasteiger partial charge < -0.3 is 5.32 Å². The molecule has 0 saturated carbocycles. The van der Waals surface area contributed by atoms with Crippen LogP contribution in [0.25, 0.3) is 0 Å². The van der Waals surface area contributed by atoms with E-state index in [4.69, 9.17) is 11.6 Å². The second kappa shape index (κ2) is 6.01. The van der Waals surface area contributed by atoms with Crippen molar-refractivity contribution in [1.82, 2.24) is 5.32 Å². The van der Waals surface area contributed by atoms with Crippen molar-refractivity contribution >= 4 is 38.9 Å². The van der Waals surface area contributed by atoms with Crippen LogP contribution in [-0.2, 0) is 6.54 Å². The summed E-state index contributed by atoms with van der Waals surface area (Å²) in [7, 11) is 0. The Morgan fingerprint density at radius 2 is 2.24 bits per heavy atom. The van der Waals surface area contributed by atoms with Crippen LogP contribution in [0, 0.1) is 0 Å². The van der Waals surface area contributed by atoms with Gasteiger partial charge in [0.05, 0.1) is 3.79 Å². The van der Waals surface area contributed by atoms with E-state index in [-0.39, 0.29) is 0 Å².